The van der Waals surface area contributed by atoms with Crippen LogP contribution >= 0.6 is 11.3 Å². The Morgan fingerprint density at radius 2 is 2.18 bits per heavy atom. The van der Waals surface area contributed by atoms with Gasteiger partial charge < -0.3 is 14.8 Å². The lowest BCUT2D eigenvalue weighted by molar-refractivity contribution is -0.118. The number of amides is 1. The molecule has 0 fully saturated rings. The van der Waals surface area contributed by atoms with Crippen LogP contribution < -0.4 is 14.8 Å². The number of benzene rings is 2. The molecule has 1 aromatic heterocycles. The number of rotatable bonds is 3. The standard InChI is InChI=1S/C16H12N2O3S/c19-15-8-21-13-7-10(5-6-11(13)17-15)20-9-16-18-12-3-1-2-4-14(12)22-16/h1-7H,8-9H2,(H,17,19). The molecule has 1 aliphatic rings. The molecule has 2 aromatic carbocycles. The van der Waals surface area contributed by atoms with Gasteiger partial charge in [-0.1, -0.05) is 12.1 Å². The summed E-state index contributed by atoms with van der Waals surface area (Å²) in [7, 11) is 0. The van der Waals surface area contributed by atoms with Gasteiger partial charge in [-0.3, -0.25) is 4.79 Å². The number of fused-ring (bicyclic) bond motifs is 2. The minimum absolute atomic E-state index is 0.0360. The summed E-state index contributed by atoms with van der Waals surface area (Å²) in [5.74, 6) is 1.17. The molecule has 22 heavy (non-hydrogen) atoms. The van der Waals surface area contributed by atoms with Crippen LogP contribution in [-0.4, -0.2) is 17.5 Å². The van der Waals surface area contributed by atoms with Crippen molar-refractivity contribution in [1.82, 2.24) is 4.98 Å². The van der Waals surface area contributed by atoms with E-state index in [4.69, 9.17) is 9.47 Å². The van der Waals surface area contributed by atoms with Crippen LogP contribution in [0.4, 0.5) is 5.69 Å². The lowest BCUT2D eigenvalue weighted by Crippen LogP contribution is -2.25. The highest BCUT2D eigenvalue weighted by molar-refractivity contribution is 7.18. The Morgan fingerprint density at radius 3 is 3.09 bits per heavy atom. The van der Waals surface area contributed by atoms with E-state index in [9.17, 15) is 4.79 Å². The SMILES string of the molecule is O=C1COc2cc(OCc3nc4ccccc4s3)ccc2N1. The van der Waals surface area contributed by atoms with E-state index >= 15 is 0 Å². The molecule has 3 aromatic rings. The fourth-order valence-corrected chi connectivity index (χ4v) is 3.15. The van der Waals surface area contributed by atoms with Crippen LogP contribution in [0.25, 0.3) is 10.2 Å². The normalized spacial score (nSPS) is 13.4. The smallest absolute Gasteiger partial charge is 0.262 e. The molecule has 0 radical (unpaired) electrons. The number of para-hydroxylation sites is 1. The molecule has 0 aliphatic carbocycles. The summed E-state index contributed by atoms with van der Waals surface area (Å²) in [4.78, 5) is 15.8. The van der Waals surface area contributed by atoms with Crippen LogP contribution in [0.15, 0.2) is 42.5 Å². The Labute approximate surface area is 130 Å². The zero-order valence-electron chi connectivity index (χ0n) is 11.5. The van der Waals surface area contributed by atoms with Gasteiger partial charge in [-0.25, -0.2) is 4.98 Å². The molecule has 6 heteroatoms. The third kappa shape index (κ3) is 2.48. The fourth-order valence-electron chi connectivity index (χ4n) is 2.27. The lowest BCUT2D eigenvalue weighted by Gasteiger charge is -2.18. The minimum atomic E-state index is -0.143. The van der Waals surface area contributed by atoms with Gasteiger partial charge in [0.15, 0.2) is 6.61 Å². The summed E-state index contributed by atoms with van der Waals surface area (Å²) in [6, 6.07) is 13.4. The summed E-state index contributed by atoms with van der Waals surface area (Å²) in [6.45, 7) is 0.443. The van der Waals surface area contributed by atoms with Crippen molar-refractivity contribution in [2.45, 2.75) is 6.61 Å². The molecular weight excluding hydrogens is 300 g/mol. The van der Waals surface area contributed by atoms with Crippen molar-refractivity contribution >= 4 is 33.1 Å². The van der Waals surface area contributed by atoms with Crippen molar-refractivity contribution in [1.29, 1.82) is 0 Å². The van der Waals surface area contributed by atoms with Gasteiger partial charge in [0.25, 0.3) is 5.91 Å². The van der Waals surface area contributed by atoms with Crippen molar-refractivity contribution in [3.8, 4) is 11.5 Å². The van der Waals surface area contributed by atoms with Crippen LogP contribution in [0.5, 0.6) is 11.5 Å². The highest BCUT2D eigenvalue weighted by Crippen LogP contribution is 2.32. The van der Waals surface area contributed by atoms with E-state index in [0.717, 1.165) is 15.2 Å². The third-order valence-corrected chi connectivity index (χ3v) is 4.30. The Bertz CT molecular complexity index is 826. The number of hydrogen-bond acceptors (Lipinski definition) is 5. The summed E-state index contributed by atoms with van der Waals surface area (Å²) in [5.41, 5.74) is 1.66. The Hall–Kier alpha value is -2.60. The van der Waals surface area contributed by atoms with Crippen LogP contribution in [0, 0.1) is 0 Å². The topological polar surface area (TPSA) is 60.5 Å². The predicted octanol–water partition coefficient (Wildman–Crippen LogP) is 3.21. The lowest BCUT2D eigenvalue weighted by atomic mass is 10.2. The van der Waals surface area contributed by atoms with Gasteiger partial charge in [0.1, 0.15) is 23.1 Å². The van der Waals surface area contributed by atoms with Gasteiger partial charge in [-0.05, 0) is 24.3 Å². The minimum Gasteiger partial charge on any atom is -0.486 e. The second kappa shape index (κ2) is 5.31. The number of aromatic nitrogens is 1. The maximum atomic E-state index is 11.2. The fraction of sp³-hybridized carbons (Fsp3) is 0.125. The molecule has 1 N–H and O–H groups in total. The first-order valence-electron chi connectivity index (χ1n) is 6.82. The number of carbonyl (C=O) groups is 1. The average Bonchev–Trinajstić information content (AvgIpc) is 2.95. The number of thiazole rings is 1. The van der Waals surface area contributed by atoms with Gasteiger partial charge >= 0.3 is 0 Å². The van der Waals surface area contributed by atoms with E-state index < -0.39 is 0 Å². The number of nitrogens with zero attached hydrogens (tertiary/aromatic N) is 1. The zero-order valence-corrected chi connectivity index (χ0v) is 12.4. The van der Waals surface area contributed by atoms with Crippen molar-refractivity contribution < 1.29 is 14.3 Å². The van der Waals surface area contributed by atoms with Crippen molar-refractivity contribution in [3.63, 3.8) is 0 Å². The Balaban J connectivity index is 1.50. The second-order valence-electron chi connectivity index (χ2n) is 4.86. The molecule has 2 heterocycles. The van der Waals surface area contributed by atoms with Gasteiger partial charge in [0.2, 0.25) is 0 Å². The first-order chi connectivity index (χ1) is 10.8. The van der Waals surface area contributed by atoms with E-state index in [1.807, 2.05) is 24.3 Å². The van der Waals surface area contributed by atoms with Crippen molar-refractivity contribution in [3.05, 3.63) is 47.5 Å². The third-order valence-electron chi connectivity index (χ3n) is 3.29. The molecule has 0 saturated heterocycles. The molecule has 0 bridgehead atoms. The molecule has 0 atom stereocenters. The summed E-state index contributed by atoms with van der Waals surface area (Å²) < 4.78 is 12.3. The molecule has 1 amide bonds. The number of hydrogen-bond donors (Lipinski definition) is 1. The molecule has 5 nitrogen and oxygen atoms in total. The quantitative estimate of drug-likeness (QED) is 0.807. The Kier molecular flexibility index (Phi) is 3.16. The van der Waals surface area contributed by atoms with E-state index in [2.05, 4.69) is 10.3 Å². The van der Waals surface area contributed by atoms with Crippen molar-refractivity contribution in [2.75, 3.05) is 11.9 Å². The zero-order chi connectivity index (χ0) is 14.9. The molecule has 110 valence electrons. The number of nitrogens with one attached hydrogen (secondary N) is 1. The number of carbonyl (C=O) groups excluding carboxylic acids is 1. The first kappa shape index (κ1) is 13.1. The number of ether oxygens (including phenoxy) is 2. The first-order valence-corrected chi connectivity index (χ1v) is 7.63. The largest absolute Gasteiger partial charge is 0.486 e. The maximum Gasteiger partial charge on any atom is 0.262 e. The summed E-state index contributed by atoms with van der Waals surface area (Å²) >= 11 is 1.62. The molecule has 1 aliphatic heterocycles. The average molecular weight is 312 g/mol. The van der Waals surface area contributed by atoms with Gasteiger partial charge in [-0.2, -0.15) is 0 Å². The van der Waals surface area contributed by atoms with Crippen LogP contribution in [-0.2, 0) is 11.4 Å². The molecule has 0 spiro atoms. The maximum absolute atomic E-state index is 11.2. The highest BCUT2D eigenvalue weighted by Gasteiger charge is 2.16. The highest BCUT2D eigenvalue weighted by atomic mass is 32.1. The van der Waals surface area contributed by atoms with E-state index in [-0.39, 0.29) is 12.5 Å². The van der Waals surface area contributed by atoms with Gasteiger partial charge in [0, 0.05) is 6.07 Å². The molecule has 0 unspecified atom stereocenters. The monoisotopic (exact) mass is 312 g/mol. The molecule has 0 saturated carbocycles. The molecular formula is C16H12N2O3S. The van der Waals surface area contributed by atoms with Gasteiger partial charge in [-0.15, -0.1) is 11.3 Å². The second-order valence-corrected chi connectivity index (χ2v) is 5.97. The van der Waals surface area contributed by atoms with Crippen LogP contribution in [0.3, 0.4) is 0 Å². The van der Waals surface area contributed by atoms with E-state index in [0.29, 0.717) is 23.8 Å². The number of anilines is 1. The summed E-state index contributed by atoms with van der Waals surface area (Å²) in [6.07, 6.45) is 0. The predicted molar refractivity (Wildman–Crippen MR) is 84.5 cm³/mol. The van der Waals surface area contributed by atoms with Gasteiger partial charge in [0.05, 0.1) is 15.9 Å². The van der Waals surface area contributed by atoms with Crippen LogP contribution in [0.1, 0.15) is 5.01 Å². The van der Waals surface area contributed by atoms with E-state index in [1.54, 1.807) is 29.5 Å². The Morgan fingerprint density at radius 1 is 1.27 bits per heavy atom. The molecule has 4 rings (SSSR count). The van der Waals surface area contributed by atoms with Crippen molar-refractivity contribution in [2.24, 2.45) is 0 Å². The summed E-state index contributed by atoms with van der Waals surface area (Å²) in [5, 5.41) is 3.67. The van der Waals surface area contributed by atoms with E-state index in [1.165, 1.54) is 0 Å². The van der Waals surface area contributed by atoms with Crippen LogP contribution in [0.2, 0.25) is 0 Å².